The van der Waals surface area contributed by atoms with Crippen LogP contribution in [0, 0.1) is 6.92 Å². The Morgan fingerprint density at radius 1 is 1.47 bits per heavy atom. The van der Waals surface area contributed by atoms with Gasteiger partial charge >= 0.3 is 6.09 Å². The van der Waals surface area contributed by atoms with Crippen LogP contribution >= 0.6 is 12.4 Å². The van der Waals surface area contributed by atoms with Gasteiger partial charge in [-0.25, -0.2) is 4.79 Å². The zero-order valence-corrected chi connectivity index (χ0v) is 9.34. The molecule has 15 heavy (non-hydrogen) atoms. The summed E-state index contributed by atoms with van der Waals surface area (Å²) in [5.41, 5.74) is 2.37. The van der Waals surface area contributed by atoms with E-state index in [1.807, 2.05) is 25.1 Å². The first-order chi connectivity index (χ1) is 6.75. The van der Waals surface area contributed by atoms with Crippen LogP contribution in [0.4, 0.5) is 4.79 Å². The third kappa shape index (κ3) is 2.86. The summed E-state index contributed by atoms with van der Waals surface area (Å²) >= 11 is 0. The Balaban J connectivity index is 0.00000112. The minimum atomic E-state index is -0.317. The molecule has 1 amide bonds. The summed E-state index contributed by atoms with van der Waals surface area (Å²) in [7, 11) is 0. The second-order valence-corrected chi connectivity index (χ2v) is 3.54. The molecule has 0 unspecified atom stereocenters. The van der Waals surface area contributed by atoms with Crippen molar-refractivity contribution < 1.29 is 9.53 Å². The Morgan fingerprint density at radius 2 is 2.27 bits per heavy atom. The van der Waals surface area contributed by atoms with Crippen molar-refractivity contribution >= 4 is 18.5 Å². The fraction of sp³-hybridized carbons (Fsp3) is 0.364. The number of halogens is 1. The zero-order valence-electron chi connectivity index (χ0n) is 8.53. The number of amides is 1. The van der Waals surface area contributed by atoms with Crippen LogP contribution in [0.15, 0.2) is 24.3 Å². The minimum absolute atomic E-state index is 0. The number of hydrogen-bond acceptors (Lipinski definition) is 2. The van der Waals surface area contributed by atoms with Gasteiger partial charge in [0.05, 0.1) is 12.6 Å². The fourth-order valence-electron chi connectivity index (χ4n) is 1.66. The maximum atomic E-state index is 11.0. The van der Waals surface area contributed by atoms with Gasteiger partial charge in [-0.15, -0.1) is 12.4 Å². The predicted molar refractivity (Wildman–Crippen MR) is 60.3 cm³/mol. The highest BCUT2D eigenvalue weighted by Gasteiger charge is 2.20. The number of rotatable bonds is 1. The highest BCUT2D eigenvalue weighted by atomic mass is 35.5. The summed E-state index contributed by atoms with van der Waals surface area (Å²) < 4.78 is 4.81. The van der Waals surface area contributed by atoms with Gasteiger partial charge in [-0.05, 0) is 12.5 Å². The van der Waals surface area contributed by atoms with Crippen molar-refractivity contribution in [3.63, 3.8) is 0 Å². The maximum absolute atomic E-state index is 11.0. The summed E-state index contributed by atoms with van der Waals surface area (Å²) in [5.74, 6) is 0. The molecule has 1 aromatic carbocycles. The van der Waals surface area contributed by atoms with Crippen LogP contribution in [0.25, 0.3) is 0 Å². The van der Waals surface area contributed by atoms with E-state index in [4.69, 9.17) is 4.74 Å². The Hall–Kier alpha value is -1.22. The Morgan fingerprint density at radius 3 is 2.93 bits per heavy atom. The zero-order chi connectivity index (χ0) is 9.97. The molecule has 0 bridgehead atoms. The number of hydrogen-bond donors (Lipinski definition) is 1. The molecule has 0 aliphatic carbocycles. The third-order valence-electron chi connectivity index (χ3n) is 2.38. The number of nitrogens with one attached hydrogen (secondary N) is 1. The molecular formula is C11H14ClNO2. The molecule has 0 radical (unpaired) electrons. The van der Waals surface area contributed by atoms with Crippen molar-refractivity contribution in [2.75, 3.05) is 6.61 Å². The normalized spacial score (nSPS) is 19.8. The lowest BCUT2D eigenvalue weighted by Crippen LogP contribution is -2.35. The number of cyclic esters (lactones) is 1. The van der Waals surface area contributed by atoms with E-state index < -0.39 is 0 Å². The first-order valence-electron chi connectivity index (χ1n) is 4.75. The van der Waals surface area contributed by atoms with Crippen molar-refractivity contribution in [2.24, 2.45) is 0 Å². The van der Waals surface area contributed by atoms with Crippen LogP contribution < -0.4 is 5.32 Å². The van der Waals surface area contributed by atoms with Crippen molar-refractivity contribution in [3.05, 3.63) is 35.4 Å². The van der Waals surface area contributed by atoms with Gasteiger partial charge in [-0.3, -0.25) is 0 Å². The summed E-state index contributed by atoms with van der Waals surface area (Å²) in [4.78, 5) is 11.0. The van der Waals surface area contributed by atoms with Gasteiger partial charge < -0.3 is 10.1 Å². The number of ether oxygens (including phenoxy) is 1. The predicted octanol–water partition coefficient (Wildman–Crippen LogP) is 2.59. The van der Waals surface area contributed by atoms with E-state index in [-0.39, 0.29) is 24.5 Å². The molecule has 0 spiro atoms. The second-order valence-electron chi connectivity index (χ2n) is 3.54. The molecule has 1 aromatic rings. The molecule has 2 rings (SSSR count). The average Bonchev–Trinajstić information content (AvgIpc) is 2.18. The van der Waals surface area contributed by atoms with Crippen LogP contribution in [0.5, 0.6) is 0 Å². The van der Waals surface area contributed by atoms with Gasteiger partial charge in [0.1, 0.15) is 0 Å². The summed E-state index contributed by atoms with van der Waals surface area (Å²) in [6, 6.07) is 8.28. The summed E-state index contributed by atoms with van der Waals surface area (Å²) in [6.07, 6.45) is 0.526. The number of carbonyl (C=O) groups is 1. The van der Waals surface area contributed by atoms with Gasteiger partial charge in [-0.1, -0.05) is 29.8 Å². The van der Waals surface area contributed by atoms with E-state index in [0.717, 1.165) is 12.0 Å². The third-order valence-corrected chi connectivity index (χ3v) is 2.38. The minimum Gasteiger partial charge on any atom is -0.449 e. The largest absolute Gasteiger partial charge is 0.449 e. The molecule has 1 aliphatic rings. The number of benzene rings is 1. The molecule has 1 saturated heterocycles. The van der Waals surface area contributed by atoms with Crippen molar-refractivity contribution in [1.29, 1.82) is 0 Å². The molecule has 1 aliphatic heterocycles. The Kier molecular flexibility index (Phi) is 3.97. The SMILES string of the molecule is Cc1cccc([C@@H]2CCOC(=O)N2)c1.Cl. The summed E-state index contributed by atoms with van der Waals surface area (Å²) in [5, 5.41) is 2.80. The van der Waals surface area contributed by atoms with Gasteiger partial charge in [-0.2, -0.15) is 0 Å². The molecule has 1 heterocycles. The molecule has 0 saturated carbocycles. The lowest BCUT2D eigenvalue weighted by molar-refractivity contribution is 0.115. The van der Waals surface area contributed by atoms with Gasteiger partial charge in [0.15, 0.2) is 0 Å². The lowest BCUT2D eigenvalue weighted by Gasteiger charge is -2.23. The monoisotopic (exact) mass is 227 g/mol. The average molecular weight is 228 g/mol. The van der Waals surface area contributed by atoms with Gasteiger partial charge in [0.2, 0.25) is 0 Å². The fourth-order valence-corrected chi connectivity index (χ4v) is 1.66. The van der Waals surface area contributed by atoms with Crippen LogP contribution in [0.2, 0.25) is 0 Å². The van der Waals surface area contributed by atoms with E-state index in [9.17, 15) is 4.79 Å². The van der Waals surface area contributed by atoms with E-state index in [2.05, 4.69) is 11.4 Å². The summed E-state index contributed by atoms with van der Waals surface area (Å²) in [6.45, 7) is 2.55. The van der Waals surface area contributed by atoms with E-state index in [1.54, 1.807) is 0 Å². The van der Waals surface area contributed by atoms with Crippen molar-refractivity contribution in [1.82, 2.24) is 5.32 Å². The molecule has 0 aromatic heterocycles. The quantitative estimate of drug-likeness (QED) is 0.801. The number of aryl methyl sites for hydroxylation is 1. The molecule has 1 atom stereocenters. The molecule has 82 valence electrons. The standard InChI is InChI=1S/C11H13NO2.ClH/c1-8-3-2-4-9(7-8)10-5-6-14-11(13)12-10;/h2-4,7,10H,5-6H2,1H3,(H,12,13);1H/t10-;/m0./s1. The van der Waals surface area contributed by atoms with E-state index in [0.29, 0.717) is 6.61 Å². The topological polar surface area (TPSA) is 38.3 Å². The molecular weight excluding hydrogens is 214 g/mol. The van der Waals surface area contributed by atoms with Crippen LogP contribution in [0.3, 0.4) is 0 Å². The van der Waals surface area contributed by atoms with E-state index in [1.165, 1.54) is 5.56 Å². The lowest BCUT2D eigenvalue weighted by atomic mass is 10.0. The van der Waals surface area contributed by atoms with Gasteiger partial charge in [0.25, 0.3) is 0 Å². The second kappa shape index (κ2) is 5.03. The highest BCUT2D eigenvalue weighted by Crippen LogP contribution is 2.20. The Bertz CT molecular complexity index is 354. The van der Waals surface area contributed by atoms with Crippen LogP contribution in [-0.4, -0.2) is 12.7 Å². The molecule has 1 N–H and O–H groups in total. The number of carbonyl (C=O) groups excluding carboxylic acids is 1. The van der Waals surface area contributed by atoms with Crippen molar-refractivity contribution in [2.45, 2.75) is 19.4 Å². The Labute approximate surface area is 95.2 Å². The first kappa shape index (κ1) is 11.9. The number of alkyl carbamates (subject to hydrolysis) is 1. The molecule has 4 heteroatoms. The van der Waals surface area contributed by atoms with Crippen LogP contribution in [0.1, 0.15) is 23.6 Å². The van der Waals surface area contributed by atoms with E-state index >= 15 is 0 Å². The molecule has 3 nitrogen and oxygen atoms in total. The van der Waals surface area contributed by atoms with Gasteiger partial charge in [0, 0.05) is 6.42 Å². The highest BCUT2D eigenvalue weighted by molar-refractivity contribution is 5.85. The van der Waals surface area contributed by atoms with Crippen molar-refractivity contribution in [3.8, 4) is 0 Å². The smallest absolute Gasteiger partial charge is 0.407 e. The molecule has 1 fully saturated rings. The maximum Gasteiger partial charge on any atom is 0.407 e. The van der Waals surface area contributed by atoms with Crippen LogP contribution in [-0.2, 0) is 4.74 Å². The first-order valence-corrected chi connectivity index (χ1v) is 4.75.